The fourth-order valence-electron chi connectivity index (χ4n) is 1.63. The molecule has 2 rings (SSSR count). The quantitative estimate of drug-likeness (QED) is 0.684. The molecule has 0 unspecified atom stereocenters. The predicted molar refractivity (Wildman–Crippen MR) is 64.4 cm³/mol. The van der Waals surface area contributed by atoms with Crippen LogP contribution in [-0.4, -0.2) is 0 Å². The highest BCUT2D eigenvalue weighted by Crippen LogP contribution is 2.26. The third-order valence-corrected chi connectivity index (χ3v) is 3.70. The molecule has 3 heteroatoms. The van der Waals surface area contributed by atoms with E-state index in [1.165, 1.54) is 0 Å². The lowest BCUT2D eigenvalue weighted by atomic mass is 10.0. The van der Waals surface area contributed by atoms with Crippen LogP contribution in [0.2, 0.25) is 0 Å². The van der Waals surface area contributed by atoms with Gasteiger partial charge in [-0.15, -0.1) is 0 Å². The third kappa shape index (κ3) is 1.51. The number of rotatable bonds is 0. The number of hydrogen-bond donors (Lipinski definition) is 0. The molecule has 0 aliphatic heterocycles. The van der Waals surface area contributed by atoms with E-state index in [9.17, 15) is 4.79 Å². The second-order valence-electron chi connectivity index (χ2n) is 3.71. The zero-order valence-electron chi connectivity index (χ0n) is 8.85. The summed E-state index contributed by atoms with van der Waals surface area (Å²) in [6, 6.07) is 4.03. The average molecular weight is 267 g/mol. The van der Waals surface area contributed by atoms with Gasteiger partial charge >= 0.3 is 5.63 Å². The average Bonchev–Trinajstić information content (AvgIpc) is 2.21. The first-order valence-electron chi connectivity index (χ1n) is 4.71. The van der Waals surface area contributed by atoms with Gasteiger partial charge in [0.1, 0.15) is 10.1 Å². The van der Waals surface area contributed by atoms with E-state index in [-0.39, 0.29) is 5.63 Å². The minimum Gasteiger partial charge on any atom is -0.422 e. The van der Waals surface area contributed by atoms with Gasteiger partial charge in [0.05, 0.1) is 0 Å². The van der Waals surface area contributed by atoms with Gasteiger partial charge in [-0.25, -0.2) is 4.79 Å². The lowest BCUT2D eigenvalue weighted by molar-refractivity contribution is 0.552. The highest BCUT2D eigenvalue weighted by molar-refractivity contribution is 9.10. The summed E-state index contributed by atoms with van der Waals surface area (Å²) in [5.74, 6) is 0. The van der Waals surface area contributed by atoms with Gasteiger partial charge in [-0.3, -0.25) is 0 Å². The van der Waals surface area contributed by atoms with Crippen molar-refractivity contribution >= 4 is 26.9 Å². The van der Waals surface area contributed by atoms with Gasteiger partial charge in [-0.05, 0) is 53.4 Å². The Morgan fingerprint density at radius 2 is 1.80 bits per heavy atom. The van der Waals surface area contributed by atoms with Crippen LogP contribution >= 0.6 is 15.9 Å². The minimum absolute atomic E-state index is 0.311. The molecular weight excluding hydrogens is 256 g/mol. The van der Waals surface area contributed by atoms with Crippen molar-refractivity contribution in [2.75, 3.05) is 0 Å². The Hall–Kier alpha value is -1.09. The van der Waals surface area contributed by atoms with E-state index in [2.05, 4.69) is 15.9 Å². The molecule has 0 fully saturated rings. The Morgan fingerprint density at radius 1 is 1.13 bits per heavy atom. The maximum absolute atomic E-state index is 11.5. The van der Waals surface area contributed by atoms with Crippen molar-refractivity contribution in [3.05, 3.63) is 43.7 Å². The van der Waals surface area contributed by atoms with Crippen molar-refractivity contribution < 1.29 is 4.42 Å². The molecule has 1 heterocycles. The van der Waals surface area contributed by atoms with Gasteiger partial charge in [0.25, 0.3) is 0 Å². The van der Waals surface area contributed by atoms with E-state index in [1.54, 1.807) is 0 Å². The molecule has 2 nitrogen and oxygen atoms in total. The van der Waals surface area contributed by atoms with E-state index < -0.39 is 0 Å². The van der Waals surface area contributed by atoms with E-state index >= 15 is 0 Å². The molecule has 0 N–H and O–H groups in total. The van der Waals surface area contributed by atoms with Gasteiger partial charge in [-0.2, -0.15) is 0 Å². The molecule has 1 aromatic heterocycles. The van der Waals surface area contributed by atoms with Gasteiger partial charge < -0.3 is 4.42 Å². The molecule has 0 radical (unpaired) electrons. The van der Waals surface area contributed by atoms with Gasteiger partial charge in [0, 0.05) is 5.39 Å². The first kappa shape index (κ1) is 10.4. The second-order valence-corrected chi connectivity index (χ2v) is 4.51. The van der Waals surface area contributed by atoms with Gasteiger partial charge in [0.15, 0.2) is 0 Å². The van der Waals surface area contributed by atoms with E-state index in [0.717, 1.165) is 22.1 Å². The molecule has 0 spiro atoms. The van der Waals surface area contributed by atoms with Crippen molar-refractivity contribution in [2.45, 2.75) is 20.8 Å². The molecule has 0 atom stereocenters. The number of hydrogen-bond acceptors (Lipinski definition) is 2. The summed E-state index contributed by atoms with van der Waals surface area (Å²) in [6.45, 7) is 5.89. The number of fused-ring (bicyclic) bond motifs is 1. The molecule has 0 saturated heterocycles. The summed E-state index contributed by atoms with van der Waals surface area (Å²) in [7, 11) is 0. The van der Waals surface area contributed by atoms with Crippen LogP contribution < -0.4 is 5.63 Å². The summed E-state index contributed by atoms with van der Waals surface area (Å²) >= 11 is 3.24. The Labute approximate surface area is 96.0 Å². The largest absolute Gasteiger partial charge is 0.422 e. The molecule has 0 aliphatic rings. The Kier molecular flexibility index (Phi) is 2.43. The first-order valence-corrected chi connectivity index (χ1v) is 5.51. The minimum atomic E-state index is -0.311. The smallest absolute Gasteiger partial charge is 0.350 e. The number of benzene rings is 1. The molecule has 0 amide bonds. The zero-order valence-corrected chi connectivity index (χ0v) is 10.4. The SMILES string of the molecule is Cc1ccc2c(C)c(Br)c(=O)oc2c1C. The zero-order chi connectivity index (χ0) is 11.2. The number of aryl methyl sites for hydroxylation is 3. The van der Waals surface area contributed by atoms with Crippen molar-refractivity contribution in [3.8, 4) is 0 Å². The normalized spacial score (nSPS) is 10.9. The highest BCUT2D eigenvalue weighted by atomic mass is 79.9. The van der Waals surface area contributed by atoms with Crippen molar-refractivity contribution in [1.29, 1.82) is 0 Å². The lowest BCUT2D eigenvalue weighted by Crippen LogP contribution is -2.03. The highest BCUT2D eigenvalue weighted by Gasteiger charge is 2.10. The van der Waals surface area contributed by atoms with Crippen molar-refractivity contribution in [3.63, 3.8) is 0 Å². The summed E-state index contributed by atoms with van der Waals surface area (Å²) in [4.78, 5) is 11.5. The Morgan fingerprint density at radius 3 is 2.47 bits per heavy atom. The lowest BCUT2D eigenvalue weighted by Gasteiger charge is -2.07. The molecule has 0 bridgehead atoms. The third-order valence-electron chi connectivity index (χ3n) is 2.78. The maximum atomic E-state index is 11.5. The molecule has 2 aromatic rings. The van der Waals surface area contributed by atoms with Crippen molar-refractivity contribution in [2.24, 2.45) is 0 Å². The first-order chi connectivity index (χ1) is 7.02. The van der Waals surface area contributed by atoms with E-state index in [4.69, 9.17) is 4.42 Å². The summed E-state index contributed by atoms with van der Waals surface area (Å²) in [5, 5.41) is 0.990. The molecule has 1 aromatic carbocycles. The van der Waals surface area contributed by atoms with Crippen LogP contribution in [0, 0.1) is 20.8 Å². The molecule has 78 valence electrons. The van der Waals surface area contributed by atoms with Crippen molar-refractivity contribution in [1.82, 2.24) is 0 Å². The van der Waals surface area contributed by atoms with E-state index in [1.807, 2.05) is 32.9 Å². The van der Waals surface area contributed by atoms with Gasteiger partial charge in [0.2, 0.25) is 0 Å². The van der Waals surface area contributed by atoms with Crippen LogP contribution in [0.25, 0.3) is 11.0 Å². The summed E-state index contributed by atoms with van der Waals surface area (Å²) in [5.41, 5.74) is 3.48. The Balaban J connectivity index is 3.05. The predicted octanol–water partition coefficient (Wildman–Crippen LogP) is 3.48. The van der Waals surface area contributed by atoms with E-state index in [0.29, 0.717) is 10.1 Å². The van der Waals surface area contributed by atoms with Crippen LogP contribution in [0.4, 0.5) is 0 Å². The maximum Gasteiger partial charge on any atom is 0.350 e. The molecule has 0 saturated carbocycles. The van der Waals surface area contributed by atoms with Crippen LogP contribution in [0.1, 0.15) is 16.7 Å². The summed E-state index contributed by atoms with van der Waals surface area (Å²) < 4.78 is 5.79. The van der Waals surface area contributed by atoms with Crippen LogP contribution in [0.15, 0.2) is 25.8 Å². The monoisotopic (exact) mass is 266 g/mol. The standard InChI is InChI=1S/C12H11BrO2/c1-6-4-5-9-8(3)10(13)12(14)15-11(9)7(6)2/h4-5H,1-3H3. The summed E-state index contributed by atoms with van der Waals surface area (Å²) in [6.07, 6.45) is 0. The Bertz CT molecular complexity index is 597. The van der Waals surface area contributed by atoms with Crippen LogP contribution in [0.5, 0.6) is 0 Å². The topological polar surface area (TPSA) is 30.2 Å². The fourth-order valence-corrected chi connectivity index (χ4v) is 1.92. The molecule has 0 aliphatic carbocycles. The molecular formula is C12H11BrO2. The molecule has 15 heavy (non-hydrogen) atoms. The van der Waals surface area contributed by atoms with Gasteiger partial charge in [-0.1, -0.05) is 12.1 Å². The van der Waals surface area contributed by atoms with Crippen LogP contribution in [0.3, 0.4) is 0 Å². The fraction of sp³-hybridized carbons (Fsp3) is 0.250. The number of halogens is 1. The van der Waals surface area contributed by atoms with Crippen LogP contribution in [-0.2, 0) is 0 Å². The second kappa shape index (κ2) is 3.49.